The number of halogens is 1. The highest BCUT2D eigenvalue weighted by atomic mass is 19.1. The molecule has 0 saturated carbocycles. The number of pyridine rings is 1. The third kappa shape index (κ3) is 4.30. The van der Waals surface area contributed by atoms with E-state index >= 15 is 0 Å². The van der Waals surface area contributed by atoms with E-state index in [-0.39, 0.29) is 11.9 Å². The fraction of sp³-hybridized carbons (Fsp3) is 0.400. The smallest absolute Gasteiger partial charge is 0.226 e. The van der Waals surface area contributed by atoms with E-state index in [4.69, 9.17) is 9.97 Å². The van der Waals surface area contributed by atoms with E-state index in [0.717, 1.165) is 73.7 Å². The van der Waals surface area contributed by atoms with Gasteiger partial charge in [0.05, 0.1) is 17.5 Å². The van der Waals surface area contributed by atoms with Crippen molar-refractivity contribution in [3.05, 3.63) is 54.5 Å². The van der Waals surface area contributed by atoms with Crippen molar-refractivity contribution in [3.63, 3.8) is 0 Å². The third-order valence-corrected chi connectivity index (χ3v) is 6.50. The second-order valence-electron chi connectivity index (χ2n) is 8.75. The highest BCUT2D eigenvalue weighted by molar-refractivity contribution is 5.70. The van der Waals surface area contributed by atoms with Crippen LogP contribution in [0, 0.1) is 5.82 Å². The number of aliphatic hydroxyl groups excluding tert-OH is 1. The van der Waals surface area contributed by atoms with E-state index in [9.17, 15) is 9.50 Å². The van der Waals surface area contributed by atoms with Crippen LogP contribution in [0.25, 0.3) is 22.5 Å². The number of aliphatic hydroxyl groups is 1. The summed E-state index contributed by atoms with van der Waals surface area (Å²) in [7, 11) is 0. The molecule has 32 heavy (non-hydrogen) atoms. The average Bonchev–Trinajstić information content (AvgIpc) is 3.26. The van der Waals surface area contributed by atoms with Crippen LogP contribution in [0.4, 0.5) is 16.2 Å². The minimum Gasteiger partial charge on any atom is -0.393 e. The van der Waals surface area contributed by atoms with E-state index in [0.29, 0.717) is 12.0 Å². The second kappa shape index (κ2) is 8.82. The van der Waals surface area contributed by atoms with Crippen molar-refractivity contribution in [1.82, 2.24) is 15.0 Å². The van der Waals surface area contributed by atoms with Crippen LogP contribution in [0.5, 0.6) is 0 Å². The van der Waals surface area contributed by atoms with Crippen molar-refractivity contribution < 1.29 is 9.50 Å². The van der Waals surface area contributed by atoms with Gasteiger partial charge in [-0.1, -0.05) is 0 Å². The lowest BCUT2D eigenvalue weighted by atomic mass is 10.1. The van der Waals surface area contributed by atoms with Crippen LogP contribution in [-0.2, 0) is 0 Å². The number of anilines is 2. The molecule has 1 aromatic carbocycles. The summed E-state index contributed by atoms with van der Waals surface area (Å²) in [5, 5.41) is 9.75. The van der Waals surface area contributed by atoms with Gasteiger partial charge in [-0.2, -0.15) is 0 Å². The Bertz CT molecular complexity index is 1060. The van der Waals surface area contributed by atoms with Crippen molar-refractivity contribution in [3.8, 4) is 22.5 Å². The van der Waals surface area contributed by atoms with Crippen molar-refractivity contribution in [2.45, 2.75) is 44.8 Å². The molecule has 6 nitrogen and oxygen atoms in total. The van der Waals surface area contributed by atoms with Gasteiger partial charge in [0.15, 0.2) is 0 Å². The van der Waals surface area contributed by atoms with E-state index in [1.165, 1.54) is 12.1 Å². The average molecular weight is 434 g/mol. The zero-order valence-corrected chi connectivity index (χ0v) is 18.3. The molecule has 2 saturated heterocycles. The lowest BCUT2D eigenvalue weighted by Gasteiger charge is -2.30. The molecule has 166 valence electrons. The third-order valence-electron chi connectivity index (χ3n) is 6.50. The minimum absolute atomic E-state index is 0.206. The molecule has 3 aromatic rings. The highest BCUT2D eigenvalue weighted by Crippen LogP contribution is 2.30. The number of piperidine rings is 1. The van der Waals surface area contributed by atoms with Crippen molar-refractivity contribution in [2.75, 3.05) is 29.4 Å². The summed E-state index contributed by atoms with van der Waals surface area (Å²) < 4.78 is 13.5. The summed E-state index contributed by atoms with van der Waals surface area (Å²) >= 11 is 0. The van der Waals surface area contributed by atoms with Gasteiger partial charge in [-0.3, -0.25) is 0 Å². The number of rotatable bonds is 4. The van der Waals surface area contributed by atoms with Crippen LogP contribution in [0.2, 0.25) is 0 Å². The molecule has 1 unspecified atom stereocenters. The summed E-state index contributed by atoms with van der Waals surface area (Å²) in [5.41, 5.74) is 3.36. The van der Waals surface area contributed by atoms with Gasteiger partial charge < -0.3 is 14.9 Å². The lowest BCUT2D eigenvalue weighted by molar-refractivity contribution is 0.145. The molecule has 4 heterocycles. The maximum Gasteiger partial charge on any atom is 0.226 e. The molecule has 2 aromatic heterocycles. The van der Waals surface area contributed by atoms with E-state index in [1.807, 2.05) is 24.4 Å². The number of hydrogen-bond acceptors (Lipinski definition) is 6. The van der Waals surface area contributed by atoms with Gasteiger partial charge in [-0.05, 0) is 75.1 Å². The van der Waals surface area contributed by atoms with Gasteiger partial charge in [0, 0.05) is 43.0 Å². The monoisotopic (exact) mass is 433 g/mol. The molecule has 2 fully saturated rings. The Balaban J connectivity index is 1.49. The first-order valence-electron chi connectivity index (χ1n) is 11.4. The van der Waals surface area contributed by atoms with Crippen molar-refractivity contribution >= 4 is 11.8 Å². The predicted octanol–water partition coefficient (Wildman–Crippen LogP) is 4.29. The molecule has 0 spiro atoms. The SMILES string of the molecule is CC1CCCN1c1nc(-c2ccc(F)cc2)cc(-c2ccc(N3CCC(O)CC3)nc2)n1. The number of benzene rings is 1. The molecule has 0 aliphatic carbocycles. The molecule has 7 heteroatoms. The van der Waals surface area contributed by atoms with E-state index in [2.05, 4.69) is 21.7 Å². The van der Waals surface area contributed by atoms with Crippen LogP contribution in [0.15, 0.2) is 48.7 Å². The fourth-order valence-corrected chi connectivity index (χ4v) is 4.53. The molecule has 1 atom stereocenters. The fourth-order valence-electron chi connectivity index (χ4n) is 4.53. The first-order valence-corrected chi connectivity index (χ1v) is 11.4. The Morgan fingerprint density at radius 3 is 2.22 bits per heavy atom. The maximum absolute atomic E-state index is 13.5. The van der Waals surface area contributed by atoms with Crippen LogP contribution in [0.3, 0.4) is 0 Å². The van der Waals surface area contributed by atoms with Crippen LogP contribution in [-0.4, -0.2) is 51.8 Å². The Morgan fingerprint density at radius 1 is 0.906 bits per heavy atom. The molecule has 2 aliphatic heterocycles. The largest absolute Gasteiger partial charge is 0.393 e. The molecule has 5 rings (SSSR count). The quantitative estimate of drug-likeness (QED) is 0.662. The molecule has 0 radical (unpaired) electrons. The first-order chi connectivity index (χ1) is 15.6. The van der Waals surface area contributed by atoms with Gasteiger partial charge >= 0.3 is 0 Å². The lowest BCUT2D eigenvalue weighted by Crippen LogP contribution is -2.36. The summed E-state index contributed by atoms with van der Waals surface area (Å²) in [6, 6.07) is 12.8. The van der Waals surface area contributed by atoms with Crippen LogP contribution in [0.1, 0.15) is 32.6 Å². The van der Waals surface area contributed by atoms with Crippen molar-refractivity contribution in [2.24, 2.45) is 0 Å². The Morgan fingerprint density at radius 2 is 1.59 bits per heavy atom. The Labute approximate surface area is 187 Å². The highest BCUT2D eigenvalue weighted by Gasteiger charge is 2.24. The molecule has 2 aliphatic rings. The van der Waals surface area contributed by atoms with Crippen molar-refractivity contribution in [1.29, 1.82) is 0 Å². The van der Waals surface area contributed by atoms with E-state index < -0.39 is 0 Å². The maximum atomic E-state index is 13.5. The normalized spacial score (nSPS) is 19.5. The number of hydrogen-bond donors (Lipinski definition) is 1. The Kier molecular flexibility index (Phi) is 5.74. The predicted molar refractivity (Wildman–Crippen MR) is 124 cm³/mol. The Hall–Kier alpha value is -3.06. The number of nitrogens with zero attached hydrogens (tertiary/aromatic N) is 5. The summed E-state index contributed by atoms with van der Waals surface area (Å²) in [6.45, 7) is 4.76. The number of aromatic nitrogens is 3. The van der Waals surface area contributed by atoms with Gasteiger partial charge in [-0.15, -0.1) is 0 Å². The molecular formula is C25H28FN5O. The molecule has 1 N–H and O–H groups in total. The zero-order valence-electron chi connectivity index (χ0n) is 18.3. The topological polar surface area (TPSA) is 65.4 Å². The molecule has 0 bridgehead atoms. The van der Waals surface area contributed by atoms with Gasteiger partial charge in [0.2, 0.25) is 5.95 Å². The molecular weight excluding hydrogens is 405 g/mol. The van der Waals surface area contributed by atoms with Gasteiger partial charge in [0.1, 0.15) is 11.6 Å². The van der Waals surface area contributed by atoms with E-state index in [1.54, 1.807) is 12.1 Å². The van der Waals surface area contributed by atoms with Gasteiger partial charge in [-0.25, -0.2) is 19.3 Å². The summed E-state index contributed by atoms with van der Waals surface area (Å²) in [5.74, 6) is 1.37. The minimum atomic E-state index is -0.263. The zero-order chi connectivity index (χ0) is 22.1. The standard InChI is InChI=1S/C25H28FN5O/c1-17-3-2-12-31(17)25-28-22(18-4-7-20(26)8-5-18)15-23(29-25)19-6-9-24(27-16-19)30-13-10-21(32)11-14-30/h4-9,15-17,21,32H,2-3,10-14H2,1H3. The summed E-state index contributed by atoms with van der Waals surface area (Å²) in [4.78, 5) is 18.8. The second-order valence-corrected chi connectivity index (χ2v) is 8.75. The van der Waals surface area contributed by atoms with Gasteiger partial charge in [0.25, 0.3) is 0 Å². The van der Waals surface area contributed by atoms with Crippen LogP contribution < -0.4 is 9.80 Å². The summed E-state index contributed by atoms with van der Waals surface area (Å²) in [6.07, 6.45) is 5.44. The molecule has 0 amide bonds. The van der Waals surface area contributed by atoms with Crippen LogP contribution >= 0.6 is 0 Å². The first kappa shape index (κ1) is 20.8.